The number of carbonyl (C=O) groups excluding carboxylic acids is 1. The summed E-state index contributed by atoms with van der Waals surface area (Å²) in [4.78, 5) is 22.5. The summed E-state index contributed by atoms with van der Waals surface area (Å²) in [5.74, 6) is 0.371. The summed E-state index contributed by atoms with van der Waals surface area (Å²) >= 11 is 0. The maximum Gasteiger partial charge on any atom is 0.269 e. The molecule has 1 aliphatic heterocycles. The lowest BCUT2D eigenvalue weighted by Gasteiger charge is -2.34. The molecule has 0 bridgehead atoms. The van der Waals surface area contributed by atoms with Crippen molar-refractivity contribution in [1.29, 1.82) is 0 Å². The number of aromatic nitrogens is 2. The van der Waals surface area contributed by atoms with Gasteiger partial charge in [0.05, 0.1) is 0 Å². The fraction of sp³-hybridized carbons (Fsp3) is 0.353. The third-order valence-corrected chi connectivity index (χ3v) is 4.00. The Morgan fingerprint density at radius 3 is 2.86 bits per heavy atom. The van der Waals surface area contributed by atoms with Crippen molar-refractivity contribution in [3.63, 3.8) is 0 Å². The second kappa shape index (κ2) is 7.02. The van der Waals surface area contributed by atoms with Gasteiger partial charge in [0.2, 0.25) is 0 Å². The maximum absolute atomic E-state index is 12.0. The Labute approximate surface area is 130 Å². The second-order valence-electron chi connectivity index (χ2n) is 5.58. The van der Waals surface area contributed by atoms with Crippen LogP contribution >= 0.6 is 0 Å². The molecule has 2 aromatic heterocycles. The summed E-state index contributed by atoms with van der Waals surface area (Å²) in [5, 5.41) is 3.00. The molecule has 1 saturated heterocycles. The number of anilines is 1. The molecule has 0 aromatic carbocycles. The lowest BCUT2D eigenvalue weighted by molar-refractivity contribution is 0.0940. The minimum atomic E-state index is -0.0957. The summed E-state index contributed by atoms with van der Waals surface area (Å²) in [6, 6.07) is 9.45. The molecule has 1 amide bonds. The second-order valence-corrected chi connectivity index (χ2v) is 5.58. The van der Waals surface area contributed by atoms with E-state index < -0.39 is 0 Å². The Morgan fingerprint density at radius 1 is 1.23 bits per heavy atom. The molecule has 1 aliphatic rings. The normalized spacial score (nSPS) is 18.0. The third-order valence-electron chi connectivity index (χ3n) is 4.00. The maximum atomic E-state index is 12.0. The average molecular weight is 296 g/mol. The van der Waals surface area contributed by atoms with E-state index in [1.54, 1.807) is 12.3 Å². The molecular formula is C17H20N4O. The molecule has 114 valence electrons. The van der Waals surface area contributed by atoms with Crippen molar-refractivity contribution in [2.24, 2.45) is 5.92 Å². The minimum absolute atomic E-state index is 0.0957. The highest BCUT2D eigenvalue weighted by Gasteiger charge is 2.21. The quantitative estimate of drug-likeness (QED) is 0.939. The molecule has 1 N–H and O–H groups in total. The van der Waals surface area contributed by atoms with Gasteiger partial charge in [-0.1, -0.05) is 6.07 Å². The van der Waals surface area contributed by atoms with Gasteiger partial charge in [-0.2, -0.15) is 0 Å². The van der Waals surface area contributed by atoms with Crippen LogP contribution in [0.5, 0.6) is 0 Å². The van der Waals surface area contributed by atoms with Crippen molar-refractivity contribution in [2.75, 3.05) is 24.5 Å². The Morgan fingerprint density at radius 2 is 2.09 bits per heavy atom. The first-order chi connectivity index (χ1) is 10.8. The van der Waals surface area contributed by atoms with Crippen molar-refractivity contribution in [3.8, 4) is 0 Å². The number of nitrogens with one attached hydrogen (secondary N) is 1. The highest BCUT2D eigenvalue weighted by molar-refractivity contribution is 5.92. The van der Waals surface area contributed by atoms with E-state index in [-0.39, 0.29) is 5.91 Å². The lowest BCUT2D eigenvalue weighted by atomic mass is 9.97. The smallest absolute Gasteiger partial charge is 0.269 e. The van der Waals surface area contributed by atoms with Gasteiger partial charge in [0, 0.05) is 43.9 Å². The van der Waals surface area contributed by atoms with Crippen LogP contribution in [-0.4, -0.2) is 35.5 Å². The van der Waals surface area contributed by atoms with Crippen molar-refractivity contribution >= 4 is 11.6 Å². The largest absolute Gasteiger partial charge is 0.371 e. The summed E-state index contributed by atoms with van der Waals surface area (Å²) in [5.41, 5.74) is 1.68. The predicted octanol–water partition coefficient (Wildman–Crippen LogP) is 2.12. The van der Waals surface area contributed by atoms with E-state index in [0.717, 1.165) is 25.9 Å². The van der Waals surface area contributed by atoms with E-state index in [2.05, 4.69) is 20.2 Å². The molecule has 3 heterocycles. The van der Waals surface area contributed by atoms with Crippen molar-refractivity contribution in [2.45, 2.75) is 12.8 Å². The lowest BCUT2D eigenvalue weighted by Crippen LogP contribution is -2.41. The minimum Gasteiger partial charge on any atom is -0.371 e. The van der Waals surface area contributed by atoms with Crippen molar-refractivity contribution < 1.29 is 4.79 Å². The number of piperidine rings is 1. The molecule has 0 saturated carbocycles. The van der Waals surface area contributed by atoms with Gasteiger partial charge in [0.15, 0.2) is 0 Å². The Hall–Kier alpha value is -2.43. The number of hydrogen-bond donors (Lipinski definition) is 1. The van der Waals surface area contributed by atoms with Crippen molar-refractivity contribution in [1.82, 2.24) is 15.3 Å². The third kappa shape index (κ3) is 3.61. The van der Waals surface area contributed by atoms with Crippen LogP contribution in [0.4, 0.5) is 5.69 Å². The molecular weight excluding hydrogens is 276 g/mol. The number of rotatable bonds is 4. The van der Waals surface area contributed by atoms with Crippen LogP contribution in [0.3, 0.4) is 0 Å². The molecule has 2 aromatic rings. The summed E-state index contributed by atoms with van der Waals surface area (Å²) < 4.78 is 0. The first-order valence-electron chi connectivity index (χ1n) is 7.67. The first-order valence-corrected chi connectivity index (χ1v) is 7.67. The molecule has 1 fully saturated rings. The molecule has 3 rings (SSSR count). The molecule has 0 aliphatic carbocycles. The SMILES string of the molecule is O=C(NCC1CCCN(c2ccncc2)C1)c1ccccn1. The zero-order chi connectivity index (χ0) is 15.2. The molecule has 1 atom stereocenters. The average Bonchev–Trinajstić information content (AvgIpc) is 2.61. The predicted molar refractivity (Wildman–Crippen MR) is 85.7 cm³/mol. The van der Waals surface area contributed by atoms with Crippen LogP contribution in [-0.2, 0) is 0 Å². The van der Waals surface area contributed by atoms with Gasteiger partial charge in [0.1, 0.15) is 5.69 Å². The van der Waals surface area contributed by atoms with E-state index in [1.165, 1.54) is 5.69 Å². The molecule has 5 nitrogen and oxygen atoms in total. The number of nitrogens with zero attached hydrogens (tertiary/aromatic N) is 3. The fourth-order valence-corrected chi connectivity index (χ4v) is 2.85. The van der Waals surface area contributed by atoms with E-state index >= 15 is 0 Å². The van der Waals surface area contributed by atoms with Gasteiger partial charge in [-0.3, -0.25) is 14.8 Å². The standard InChI is InChI=1S/C17H20N4O/c22-17(16-5-1-2-8-19-16)20-12-14-4-3-11-21(13-14)15-6-9-18-10-7-15/h1-2,5-10,14H,3-4,11-13H2,(H,20,22). The molecule has 22 heavy (non-hydrogen) atoms. The Kier molecular flexibility index (Phi) is 4.63. The van der Waals surface area contributed by atoms with Crippen LogP contribution in [0, 0.1) is 5.92 Å². The van der Waals surface area contributed by atoms with E-state index in [1.807, 2.05) is 36.7 Å². The van der Waals surface area contributed by atoms with E-state index in [4.69, 9.17) is 0 Å². The van der Waals surface area contributed by atoms with Gasteiger partial charge in [-0.25, -0.2) is 0 Å². The fourth-order valence-electron chi connectivity index (χ4n) is 2.85. The molecule has 0 spiro atoms. The monoisotopic (exact) mass is 296 g/mol. The summed E-state index contributed by atoms with van der Waals surface area (Å²) in [6.07, 6.45) is 7.57. The number of amides is 1. The highest BCUT2D eigenvalue weighted by atomic mass is 16.1. The van der Waals surface area contributed by atoms with E-state index in [9.17, 15) is 4.79 Å². The van der Waals surface area contributed by atoms with Gasteiger partial charge in [-0.15, -0.1) is 0 Å². The number of pyridine rings is 2. The zero-order valence-corrected chi connectivity index (χ0v) is 12.5. The molecule has 1 unspecified atom stereocenters. The summed E-state index contributed by atoms with van der Waals surface area (Å²) in [6.45, 7) is 2.72. The van der Waals surface area contributed by atoms with Gasteiger partial charge in [0.25, 0.3) is 5.91 Å². The molecule has 0 radical (unpaired) electrons. The Balaban J connectivity index is 1.54. The molecule has 5 heteroatoms. The Bertz CT molecular complexity index is 603. The van der Waals surface area contributed by atoms with Crippen molar-refractivity contribution in [3.05, 3.63) is 54.6 Å². The van der Waals surface area contributed by atoms with Gasteiger partial charge < -0.3 is 10.2 Å². The zero-order valence-electron chi connectivity index (χ0n) is 12.5. The highest BCUT2D eigenvalue weighted by Crippen LogP contribution is 2.22. The topological polar surface area (TPSA) is 58.1 Å². The van der Waals surface area contributed by atoms with E-state index in [0.29, 0.717) is 18.2 Å². The van der Waals surface area contributed by atoms with Crippen LogP contribution in [0.2, 0.25) is 0 Å². The number of carbonyl (C=O) groups is 1. The van der Waals surface area contributed by atoms with Crippen LogP contribution in [0.1, 0.15) is 23.3 Å². The van der Waals surface area contributed by atoms with Gasteiger partial charge >= 0.3 is 0 Å². The van der Waals surface area contributed by atoms with Crippen LogP contribution in [0.25, 0.3) is 0 Å². The van der Waals surface area contributed by atoms with Crippen LogP contribution < -0.4 is 10.2 Å². The van der Waals surface area contributed by atoms with Gasteiger partial charge in [-0.05, 0) is 43.0 Å². The van der Waals surface area contributed by atoms with Crippen LogP contribution in [0.15, 0.2) is 48.9 Å². The number of hydrogen-bond acceptors (Lipinski definition) is 4. The summed E-state index contributed by atoms with van der Waals surface area (Å²) in [7, 11) is 0. The first kappa shape index (κ1) is 14.5.